The van der Waals surface area contributed by atoms with Crippen LogP contribution in [0.5, 0.6) is 0 Å². The second-order valence-electron chi connectivity index (χ2n) is 1.29. The van der Waals surface area contributed by atoms with Gasteiger partial charge in [-0.2, -0.15) is 0 Å². The summed E-state index contributed by atoms with van der Waals surface area (Å²) in [7, 11) is 0. The molecule has 0 N–H and O–H groups in total. The summed E-state index contributed by atoms with van der Waals surface area (Å²) in [5, 5.41) is 13.6. The van der Waals surface area contributed by atoms with Gasteiger partial charge in [0.2, 0.25) is 6.20 Å². The van der Waals surface area contributed by atoms with Crippen LogP contribution in [0.3, 0.4) is 0 Å². The van der Waals surface area contributed by atoms with Crippen LogP contribution in [0.15, 0.2) is 23.4 Å². The molecule has 0 aliphatic carbocycles. The van der Waals surface area contributed by atoms with Crippen LogP contribution in [-0.2, 0) is 0 Å². The van der Waals surface area contributed by atoms with Crippen LogP contribution < -0.4 is 4.85 Å². The van der Waals surface area contributed by atoms with Crippen molar-refractivity contribution >= 4 is 12.6 Å². The lowest BCUT2D eigenvalue weighted by Crippen LogP contribution is -2.29. The molecule has 1 rings (SSSR count). The van der Waals surface area contributed by atoms with Crippen LogP contribution in [0.25, 0.3) is 0 Å². The van der Waals surface area contributed by atoms with E-state index in [4.69, 9.17) is 0 Å². The Labute approximate surface area is 52.0 Å². The van der Waals surface area contributed by atoms with E-state index in [9.17, 15) is 5.21 Å². The Morgan fingerprint density at radius 1 is 1.75 bits per heavy atom. The lowest BCUT2D eigenvalue weighted by molar-refractivity contribution is -0.671. The summed E-state index contributed by atoms with van der Waals surface area (Å²) >= 11 is 3.89. The Morgan fingerprint density at radius 3 is 2.88 bits per heavy atom. The summed E-state index contributed by atoms with van der Waals surface area (Å²) in [6.45, 7) is 0. The molecule has 42 valence electrons. The highest BCUT2D eigenvalue weighted by molar-refractivity contribution is 7.80. The largest absolute Gasteiger partial charge is 0.594 e. The topological polar surface area (TPSA) is 39.8 Å². The highest BCUT2D eigenvalue weighted by Gasteiger charge is 1.88. The minimum atomic E-state index is 0.461. The third-order valence-electron chi connectivity index (χ3n) is 0.668. The summed E-state index contributed by atoms with van der Waals surface area (Å²) in [5.74, 6) is 0. The molecule has 1 aromatic rings. The number of aromatic nitrogens is 2. The third kappa shape index (κ3) is 1.10. The van der Waals surface area contributed by atoms with Crippen molar-refractivity contribution in [3.8, 4) is 0 Å². The van der Waals surface area contributed by atoms with Crippen LogP contribution in [0, 0.1) is 5.21 Å². The Balaban J connectivity index is 3.08. The zero-order chi connectivity index (χ0) is 5.98. The molecule has 0 spiro atoms. The van der Waals surface area contributed by atoms with Crippen LogP contribution in [0.1, 0.15) is 0 Å². The number of hydrogen-bond acceptors (Lipinski definition) is 3. The van der Waals surface area contributed by atoms with Gasteiger partial charge >= 0.3 is 0 Å². The molecule has 0 unspecified atom stereocenters. The summed E-state index contributed by atoms with van der Waals surface area (Å²) in [6, 6.07) is 1.64. The molecule has 0 fully saturated rings. The molecule has 0 saturated carbocycles. The van der Waals surface area contributed by atoms with E-state index in [-0.39, 0.29) is 0 Å². The summed E-state index contributed by atoms with van der Waals surface area (Å²) in [5.41, 5.74) is 0. The normalized spacial score (nSPS) is 9.12. The van der Waals surface area contributed by atoms with E-state index in [1.165, 1.54) is 12.4 Å². The van der Waals surface area contributed by atoms with Crippen molar-refractivity contribution < 1.29 is 4.85 Å². The number of hydrogen-bond donors (Lipinski definition) is 1. The van der Waals surface area contributed by atoms with Gasteiger partial charge in [0.1, 0.15) is 0 Å². The van der Waals surface area contributed by atoms with E-state index in [1.54, 1.807) is 6.07 Å². The molecule has 4 heteroatoms. The van der Waals surface area contributed by atoms with E-state index >= 15 is 0 Å². The fraction of sp³-hybridized carbons (Fsp3) is 0. The first-order valence-corrected chi connectivity index (χ1v) is 2.48. The van der Waals surface area contributed by atoms with Crippen molar-refractivity contribution in [2.24, 2.45) is 0 Å². The van der Waals surface area contributed by atoms with Crippen molar-refractivity contribution in [2.45, 2.75) is 4.90 Å². The Morgan fingerprint density at radius 2 is 2.50 bits per heavy atom. The second-order valence-corrected chi connectivity index (χ2v) is 1.80. The quantitative estimate of drug-likeness (QED) is 0.303. The minimum absolute atomic E-state index is 0.461. The number of rotatable bonds is 0. The van der Waals surface area contributed by atoms with Gasteiger partial charge in [-0.05, 0) is 6.07 Å². The highest BCUT2D eigenvalue weighted by Crippen LogP contribution is 1.95. The lowest BCUT2D eigenvalue weighted by atomic mass is 10.6. The van der Waals surface area contributed by atoms with Crippen LogP contribution in [0.2, 0.25) is 0 Å². The maximum Gasteiger partial charge on any atom is 0.223 e. The van der Waals surface area contributed by atoms with Crippen molar-refractivity contribution in [1.82, 2.24) is 5.10 Å². The zero-order valence-corrected chi connectivity index (χ0v) is 4.88. The molecule has 0 amide bonds. The molecule has 0 saturated heterocycles. The van der Waals surface area contributed by atoms with E-state index in [0.29, 0.717) is 9.74 Å². The maximum atomic E-state index is 10.2. The van der Waals surface area contributed by atoms with Gasteiger partial charge in [0.15, 0.2) is 0 Å². The van der Waals surface area contributed by atoms with E-state index in [1.807, 2.05) is 0 Å². The van der Waals surface area contributed by atoms with E-state index in [2.05, 4.69) is 17.7 Å². The van der Waals surface area contributed by atoms with Gasteiger partial charge in [0, 0.05) is 5.10 Å². The standard InChI is InChI=1S/C4H4N2OS/c7-6-3-4(8)1-2-5-6/h1-3,8H. The predicted octanol–water partition coefficient (Wildman–Crippen LogP) is 0.00370. The molecule has 3 nitrogen and oxygen atoms in total. The molecule has 0 aliphatic heterocycles. The van der Waals surface area contributed by atoms with Gasteiger partial charge in [-0.15, -0.1) is 12.6 Å². The molecule has 0 bridgehead atoms. The van der Waals surface area contributed by atoms with E-state index in [0.717, 1.165) is 0 Å². The zero-order valence-electron chi connectivity index (χ0n) is 3.98. The fourth-order valence-electron chi connectivity index (χ4n) is 0.365. The van der Waals surface area contributed by atoms with Crippen molar-refractivity contribution in [1.29, 1.82) is 0 Å². The molecule has 1 heterocycles. The highest BCUT2D eigenvalue weighted by atomic mass is 32.1. The Kier molecular flexibility index (Phi) is 1.34. The summed E-state index contributed by atoms with van der Waals surface area (Å²) in [6.07, 6.45) is 2.68. The van der Waals surface area contributed by atoms with Gasteiger partial charge in [0.05, 0.1) is 11.1 Å². The number of nitrogens with zero attached hydrogens (tertiary/aromatic N) is 2. The van der Waals surface area contributed by atoms with Gasteiger partial charge in [-0.25, -0.2) is 0 Å². The SMILES string of the molecule is [O-][n+]1cc(S)ccn1. The average Bonchev–Trinajstić information content (AvgIpc) is 1.64. The molecular weight excluding hydrogens is 124 g/mol. The van der Waals surface area contributed by atoms with Crippen LogP contribution in [-0.4, -0.2) is 5.10 Å². The van der Waals surface area contributed by atoms with E-state index < -0.39 is 0 Å². The van der Waals surface area contributed by atoms with Gasteiger partial charge in [-0.3, -0.25) is 0 Å². The monoisotopic (exact) mass is 128 g/mol. The Hall–Kier alpha value is -0.770. The van der Waals surface area contributed by atoms with Crippen LogP contribution >= 0.6 is 12.6 Å². The molecule has 0 aromatic carbocycles. The lowest BCUT2D eigenvalue weighted by Gasteiger charge is -1.88. The molecular formula is C4H4N2OS. The van der Waals surface area contributed by atoms with Crippen molar-refractivity contribution in [2.75, 3.05) is 0 Å². The smallest absolute Gasteiger partial charge is 0.223 e. The molecule has 0 radical (unpaired) electrons. The molecule has 0 aliphatic rings. The fourth-order valence-corrected chi connectivity index (χ4v) is 0.530. The maximum absolute atomic E-state index is 10.2. The Bertz CT molecular complexity index is 174. The predicted molar refractivity (Wildman–Crippen MR) is 30.4 cm³/mol. The first kappa shape index (κ1) is 5.37. The third-order valence-corrected chi connectivity index (χ3v) is 0.933. The molecule has 8 heavy (non-hydrogen) atoms. The van der Waals surface area contributed by atoms with Crippen LogP contribution in [0.4, 0.5) is 0 Å². The first-order valence-electron chi connectivity index (χ1n) is 2.03. The molecule has 1 aromatic heterocycles. The van der Waals surface area contributed by atoms with Gasteiger partial charge in [-0.1, -0.05) is 4.85 Å². The minimum Gasteiger partial charge on any atom is -0.594 e. The van der Waals surface area contributed by atoms with Gasteiger partial charge < -0.3 is 5.21 Å². The van der Waals surface area contributed by atoms with Crippen molar-refractivity contribution in [3.05, 3.63) is 23.7 Å². The first-order chi connectivity index (χ1) is 3.79. The molecule has 0 atom stereocenters. The van der Waals surface area contributed by atoms with Crippen molar-refractivity contribution in [3.63, 3.8) is 0 Å². The van der Waals surface area contributed by atoms with Gasteiger partial charge in [0.25, 0.3) is 0 Å². The number of thiol groups is 1. The second kappa shape index (κ2) is 2.00. The average molecular weight is 128 g/mol. The summed E-state index contributed by atoms with van der Waals surface area (Å²) in [4.78, 5) is 1.08. The summed E-state index contributed by atoms with van der Waals surface area (Å²) < 4.78 is 0.